The number of nitrogens with zero attached hydrogens (tertiary/aromatic N) is 1. The van der Waals surface area contributed by atoms with Crippen LogP contribution in [-0.4, -0.2) is 38.9 Å². The van der Waals surface area contributed by atoms with E-state index in [9.17, 15) is 13.6 Å². The van der Waals surface area contributed by atoms with Gasteiger partial charge in [0.1, 0.15) is 5.75 Å². The molecule has 174 valence electrons. The number of aliphatic imine (C=N–C) groups is 1. The van der Waals surface area contributed by atoms with Crippen molar-refractivity contribution in [1.29, 1.82) is 0 Å². The fourth-order valence-electron chi connectivity index (χ4n) is 2.93. The van der Waals surface area contributed by atoms with Gasteiger partial charge in [-0.3, -0.25) is 9.79 Å². The van der Waals surface area contributed by atoms with Gasteiger partial charge in [-0.25, -0.2) is 0 Å². The van der Waals surface area contributed by atoms with E-state index < -0.39 is 6.61 Å². The highest BCUT2D eigenvalue weighted by Gasteiger charge is 2.20. The number of carbonyl (C=O) groups excluding carboxylic acids is 1. The first-order valence-corrected chi connectivity index (χ1v) is 9.69. The van der Waals surface area contributed by atoms with Crippen molar-refractivity contribution >= 4 is 35.8 Å². The van der Waals surface area contributed by atoms with Crippen molar-refractivity contribution in [3.05, 3.63) is 53.1 Å². The van der Waals surface area contributed by atoms with Crippen LogP contribution >= 0.6 is 24.0 Å². The van der Waals surface area contributed by atoms with Gasteiger partial charge >= 0.3 is 6.61 Å². The van der Waals surface area contributed by atoms with Gasteiger partial charge in [-0.05, 0) is 30.7 Å². The summed E-state index contributed by atoms with van der Waals surface area (Å²) < 4.78 is 40.7. The summed E-state index contributed by atoms with van der Waals surface area (Å²) in [5.41, 5.74) is 2.00. The molecule has 1 amide bonds. The molecular formula is C21H25F2IN4O4. The second-order valence-corrected chi connectivity index (χ2v) is 6.53. The van der Waals surface area contributed by atoms with Crippen LogP contribution in [0.2, 0.25) is 0 Å². The Morgan fingerprint density at radius 3 is 2.38 bits per heavy atom. The third-order valence-electron chi connectivity index (χ3n) is 4.46. The number of rotatable bonds is 8. The van der Waals surface area contributed by atoms with E-state index in [2.05, 4.69) is 25.7 Å². The van der Waals surface area contributed by atoms with Crippen LogP contribution < -0.4 is 30.2 Å². The van der Waals surface area contributed by atoms with Crippen molar-refractivity contribution in [2.24, 2.45) is 4.99 Å². The molecule has 0 saturated heterocycles. The SMILES string of the molecule is CCNC(=O)c1ccc(CNC(=NC)NCc2cc3c(cc2OC(F)F)OCO3)cc1.I. The molecule has 0 atom stereocenters. The Kier molecular flexibility index (Phi) is 9.75. The number of ether oxygens (including phenoxy) is 3. The zero-order valence-corrected chi connectivity index (χ0v) is 19.9. The molecule has 0 bridgehead atoms. The normalized spacial score (nSPS) is 12.2. The number of guanidine groups is 1. The standard InChI is InChI=1S/C21H24F2N4O4.HI/c1-3-25-19(28)14-6-4-13(5-7-14)10-26-21(24-2)27-11-15-8-17-18(30-12-29-17)9-16(15)31-20(22)23;/h4-9,20H,3,10-12H2,1-2H3,(H,25,28)(H2,24,26,27);1H. The van der Waals surface area contributed by atoms with Crippen LogP contribution in [0.1, 0.15) is 28.4 Å². The number of hydrogen-bond acceptors (Lipinski definition) is 5. The van der Waals surface area contributed by atoms with Gasteiger partial charge < -0.3 is 30.2 Å². The van der Waals surface area contributed by atoms with E-state index in [1.807, 2.05) is 19.1 Å². The molecule has 0 spiro atoms. The maximum atomic E-state index is 12.8. The Balaban J connectivity index is 0.00000363. The molecule has 0 radical (unpaired) electrons. The average Bonchev–Trinajstić information content (AvgIpc) is 3.21. The van der Waals surface area contributed by atoms with Crippen molar-refractivity contribution in [3.8, 4) is 17.2 Å². The number of benzene rings is 2. The molecule has 1 heterocycles. The minimum Gasteiger partial charge on any atom is -0.454 e. The summed E-state index contributed by atoms with van der Waals surface area (Å²) in [5, 5.41) is 8.94. The van der Waals surface area contributed by atoms with Crippen LogP contribution in [0.15, 0.2) is 41.4 Å². The quantitative estimate of drug-likeness (QED) is 0.260. The van der Waals surface area contributed by atoms with Gasteiger partial charge in [-0.15, -0.1) is 24.0 Å². The highest BCUT2D eigenvalue weighted by Crippen LogP contribution is 2.38. The zero-order valence-electron chi connectivity index (χ0n) is 17.6. The number of alkyl halides is 2. The van der Waals surface area contributed by atoms with Gasteiger partial charge in [-0.1, -0.05) is 12.1 Å². The molecule has 2 aromatic rings. The van der Waals surface area contributed by atoms with E-state index in [1.165, 1.54) is 6.07 Å². The molecule has 1 aliphatic heterocycles. The third kappa shape index (κ3) is 6.84. The van der Waals surface area contributed by atoms with Gasteiger partial charge in [0.25, 0.3) is 5.91 Å². The van der Waals surface area contributed by atoms with E-state index in [0.29, 0.717) is 41.7 Å². The van der Waals surface area contributed by atoms with Crippen molar-refractivity contribution in [2.75, 3.05) is 20.4 Å². The van der Waals surface area contributed by atoms with Crippen LogP contribution in [0, 0.1) is 0 Å². The molecule has 32 heavy (non-hydrogen) atoms. The summed E-state index contributed by atoms with van der Waals surface area (Å²) in [7, 11) is 1.60. The molecule has 1 aliphatic rings. The predicted octanol–water partition coefficient (Wildman–Crippen LogP) is 3.25. The average molecular weight is 562 g/mol. The molecule has 11 heteroatoms. The second-order valence-electron chi connectivity index (χ2n) is 6.53. The Morgan fingerprint density at radius 1 is 1.09 bits per heavy atom. The number of nitrogens with one attached hydrogen (secondary N) is 3. The molecular weight excluding hydrogens is 537 g/mol. The van der Waals surface area contributed by atoms with Crippen LogP contribution in [0.25, 0.3) is 0 Å². The fourth-order valence-corrected chi connectivity index (χ4v) is 2.93. The summed E-state index contributed by atoms with van der Waals surface area (Å²) in [5.74, 6) is 1.17. The first kappa shape index (κ1) is 25.4. The van der Waals surface area contributed by atoms with E-state index >= 15 is 0 Å². The summed E-state index contributed by atoms with van der Waals surface area (Å²) in [6.45, 7) is 0.130. The van der Waals surface area contributed by atoms with Crippen LogP contribution in [0.3, 0.4) is 0 Å². The molecule has 8 nitrogen and oxygen atoms in total. The maximum absolute atomic E-state index is 12.8. The lowest BCUT2D eigenvalue weighted by Gasteiger charge is -2.15. The Bertz CT molecular complexity index is 942. The van der Waals surface area contributed by atoms with Gasteiger partial charge in [0.15, 0.2) is 17.5 Å². The topological polar surface area (TPSA) is 93.2 Å². The van der Waals surface area contributed by atoms with Crippen LogP contribution in [-0.2, 0) is 13.1 Å². The smallest absolute Gasteiger partial charge is 0.387 e. The van der Waals surface area contributed by atoms with Crippen molar-refractivity contribution in [1.82, 2.24) is 16.0 Å². The lowest BCUT2D eigenvalue weighted by atomic mass is 10.1. The lowest BCUT2D eigenvalue weighted by Crippen LogP contribution is -2.36. The van der Waals surface area contributed by atoms with E-state index in [0.717, 1.165) is 5.56 Å². The van der Waals surface area contributed by atoms with Gasteiger partial charge in [-0.2, -0.15) is 8.78 Å². The molecule has 2 aromatic carbocycles. The fraction of sp³-hybridized carbons (Fsp3) is 0.333. The minimum atomic E-state index is -2.96. The summed E-state index contributed by atoms with van der Waals surface area (Å²) in [6.07, 6.45) is 0. The summed E-state index contributed by atoms with van der Waals surface area (Å²) >= 11 is 0. The predicted molar refractivity (Wildman–Crippen MR) is 126 cm³/mol. The maximum Gasteiger partial charge on any atom is 0.387 e. The number of hydrogen-bond donors (Lipinski definition) is 3. The summed E-state index contributed by atoms with van der Waals surface area (Å²) in [6, 6.07) is 10.2. The van der Waals surface area contributed by atoms with Gasteiger partial charge in [0.2, 0.25) is 6.79 Å². The molecule has 0 unspecified atom stereocenters. The monoisotopic (exact) mass is 562 g/mol. The van der Waals surface area contributed by atoms with Gasteiger partial charge in [0.05, 0.1) is 0 Å². The molecule has 0 fully saturated rings. The molecule has 3 rings (SSSR count). The second kappa shape index (κ2) is 12.3. The minimum absolute atomic E-state index is 0. The number of halogens is 3. The summed E-state index contributed by atoms with van der Waals surface area (Å²) in [4.78, 5) is 16.0. The van der Waals surface area contributed by atoms with Crippen molar-refractivity contribution in [3.63, 3.8) is 0 Å². The Hall–Kier alpha value is -2.83. The highest BCUT2D eigenvalue weighted by atomic mass is 127. The van der Waals surface area contributed by atoms with E-state index in [4.69, 9.17) is 9.47 Å². The number of amides is 1. The van der Waals surface area contributed by atoms with E-state index in [1.54, 1.807) is 25.2 Å². The van der Waals surface area contributed by atoms with Crippen molar-refractivity contribution < 1.29 is 27.8 Å². The lowest BCUT2D eigenvalue weighted by molar-refractivity contribution is -0.0505. The molecule has 0 aliphatic carbocycles. The first-order valence-electron chi connectivity index (χ1n) is 9.69. The molecule has 0 aromatic heterocycles. The number of fused-ring (bicyclic) bond motifs is 1. The number of carbonyl (C=O) groups is 1. The van der Waals surface area contributed by atoms with Gasteiger partial charge in [0, 0.05) is 43.9 Å². The molecule has 0 saturated carbocycles. The highest BCUT2D eigenvalue weighted by molar-refractivity contribution is 14.0. The van der Waals surface area contributed by atoms with Crippen molar-refractivity contribution in [2.45, 2.75) is 26.6 Å². The first-order chi connectivity index (χ1) is 15.0. The largest absolute Gasteiger partial charge is 0.454 e. The Morgan fingerprint density at radius 2 is 1.75 bits per heavy atom. The molecule has 3 N–H and O–H groups in total. The Labute approximate surface area is 201 Å². The zero-order chi connectivity index (χ0) is 22.2. The third-order valence-corrected chi connectivity index (χ3v) is 4.46. The van der Waals surface area contributed by atoms with E-state index in [-0.39, 0.29) is 49.0 Å². The van der Waals surface area contributed by atoms with Crippen LogP contribution in [0.4, 0.5) is 8.78 Å². The van der Waals surface area contributed by atoms with Crippen LogP contribution in [0.5, 0.6) is 17.2 Å².